The van der Waals surface area contributed by atoms with E-state index in [9.17, 15) is 14.4 Å². The minimum Gasteiger partial charge on any atom is -0.493 e. The van der Waals surface area contributed by atoms with Crippen molar-refractivity contribution in [1.82, 2.24) is 0 Å². The Morgan fingerprint density at radius 1 is 1.15 bits per heavy atom. The lowest BCUT2D eigenvalue weighted by Crippen LogP contribution is -2.13. The first kappa shape index (κ1) is 24.0. The highest BCUT2D eigenvalue weighted by molar-refractivity contribution is 9.10. The fourth-order valence-corrected chi connectivity index (χ4v) is 3.65. The van der Waals surface area contributed by atoms with Gasteiger partial charge in [0.05, 0.1) is 11.6 Å². The van der Waals surface area contributed by atoms with Gasteiger partial charge in [0.1, 0.15) is 24.1 Å². The van der Waals surface area contributed by atoms with Gasteiger partial charge in [-0.3, -0.25) is 4.79 Å². The average Bonchev–Trinajstić information content (AvgIpc) is 2.78. The number of nitrogens with one attached hydrogen (secondary N) is 1. The number of hydrogen-bond donors (Lipinski definition) is 1. The van der Waals surface area contributed by atoms with Gasteiger partial charge in [0.25, 0.3) is 5.91 Å². The maximum Gasteiger partial charge on any atom is 0.266 e. The summed E-state index contributed by atoms with van der Waals surface area (Å²) in [6.45, 7) is 4.08. The van der Waals surface area contributed by atoms with E-state index in [0.29, 0.717) is 32.8 Å². The zero-order chi connectivity index (χ0) is 24.0. The number of halogens is 2. The third-order valence-corrected chi connectivity index (χ3v) is 5.55. The predicted molar refractivity (Wildman–Crippen MR) is 130 cm³/mol. The number of nitrogens with zero attached hydrogens (tertiary/aromatic N) is 1. The molecule has 5 nitrogen and oxygen atoms in total. The SMILES string of the molecule is COc1cc(/C=C(\C#N)C(=O)Nc2ccc(C)c(C)c2)cc(Br)c1OCc1cccc(F)c1. The van der Waals surface area contributed by atoms with Crippen molar-refractivity contribution in [2.75, 3.05) is 12.4 Å². The second-order valence-corrected chi connectivity index (χ2v) is 8.23. The van der Waals surface area contributed by atoms with E-state index in [4.69, 9.17) is 9.47 Å². The fourth-order valence-electron chi connectivity index (χ4n) is 3.08. The number of hydrogen-bond acceptors (Lipinski definition) is 4. The molecule has 33 heavy (non-hydrogen) atoms. The average molecular weight is 509 g/mol. The van der Waals surface area contributed by atoms with Crippen LogP contribution in [0.2, 0.25) is 0 Å². The maximum atomic E-state index is 13.4. The molecule has 0 unspecified atom stereocenters. The number of methoxy groups -OCH3 is 1. The summed E-state index contributed by atoms with van der Waals surface area (Å²) in [5.41, 5.74) is 3.95. The molecule has 0 fully saturated rings. The highest BCUT2D eigenvalue weighted by atomic mass is 79.9. The van der Waals surface area contributed by atoms with Gasteiger partial charge in [0.15, 0.2) is 11.5 Å². The maximum absolute atomic E-state index is 13.4. The van der Waals surface area contributed by atoms with Crippen LogP contribution in [0.1, 0.15) is 22.3 Å². The van der Waals surface area contributed by atoms with E-state index >= 15 is 0 Å². The monoisotopic (exact) mass is 508 g/mol. The molecular weight excluding hydrogens is 487 g/mol. The third kappa shape index (κ3) is 6.21. The topological polar surface area (TPSA) is 71.3 Å². The van der Waals surface area contributed by atoms with Crippen LogP contribution in [0, 0.1) is 31.0 Å². The molecule has 0 atom stereocenters. The summed E-state index contributed by atoms with van der Waals surface area (Å²) in [5.74, 6) is -0.0242. The number of carbonyl (C=O) groups excluding carboxylic acids is 1. The number of amides is 1. The predicted octanol–water partition coefficient (Wildman–Crippen LogP) is 6.34. The van der Waals surface area contributed by atoms with Gasteiger partial charge in [0, 0.05) is 5.69 Å². The second kappa shape index (κ2) is 10.8. The van der Waals surface area contributed by atoms with Crippen molar-refractivity contribution >= 4 is 33.6 Å². The number of aryl methyl sites for hydroxylation is 2. The van der Waals surface area contributed by atoms with Gasteiger partial charge in [-0.2, -0.15) is 5.26 Å². The molecule has 7 heteroatoms. The second-order valence-electron chi connectivity index (χ2n) is 7.38. The van der Waals surface area contributed by atoms with Crippen LogP contribution in [-0.2, 0) is 11.4 Å². The summed E-state index contributed by atoms with van der Waals surface area (Å²) < 4.78 is 25.2. The van der Waals surface area contributed by atoms with Gasteiger partial charge in [-0.25, -0.2) is 4.39 Å². The van der Waals surface area contributed by atoms with E-state index in [1.807, 2.05) is 32.0 Å². The molecule has 0 saturated heterocycles. The molecule has 0 bridgehead atoms. The zero-order valence-corrected chi connectivity index (χ0v) is 20.0. The quantitative estimate of drug-likeness (QED) is 0.298. The molecule has 0 radical (unpaired) electrons. The largest absolute Gasteiger partial charge is 0.493 e. The third-order valence-electron chi connectivity index (χ3n) is 4.96. The van der Waals surface area contributed by atoms with Gasteiger partial charge < -0.3 is 14.8 Å². The first-order valence-electron chi connectivity index (χ1n) is 10.1. The van der Waals surface area contributed by atoms with Crippen molar-refractivity contribution in [2.24, 2.45) is 0 Å². The molecule has 0 heterocycles. The van der Waals surface area contributed by atoms with Crippen LogP contribution < -0.4 is 14.8 Å². The molecule has 1 amide bonds. The summed E-state index contributed by atoms with van der Waals surface area (Å²) >= 11 is 3.45. The Hall–Kier alpha value is -3.63. The summed E-state index contributed by atoms with van der Waals surface area (Å²) in [5, 5.41) is 12.3. The van der Waals surface area contributed by atoms with E-state index in [0.717, 1.165) is 11.1 Å². The lowest BCUT2D eigenvalue weighted by molar-refractivity contribution is -0.112. The standard InChI is InChI=1S/C26H22BrFN2O3/c1-16-7-8-22(9-17(16)2)30-26(31)20(14-29)10-19-12-23(27)25(24(13-19)32-3)33-15-18-5-4-6-21(28)11-18/h4-13H,15H2,1-3H3,(H,30,31)/b20-10+. The Labute approximate surface area is 200 Å². The van der Waals surface area contributed by atoms with Crippen molar-refractivity contribution in [3.63, 3.8) is 0 Å². The number of carbonyl (C=O) groups is 1. The highest BCUT2D eigenvalue weighted by Crippen LogP contribution is 2.38. The molecule has 0 aliphatic carbocycles. The van der Waals surface area contributed by atoms with E-state index in [2.05, 4.69) is 21.2 Å². The first-order chi connectivity index (χ1) is 15.8. The number of anilines is 1. The van der Waals surface area contributed by atoms with Crippen molar-refractivity contribution in [2.45, 2.75) is 20.5 Å². The number of ether oxygens (including phenoxy) is 2. The Morgan fingerprint density at radius 2 is 1.94 bits per heavy atom. The van der Waals surface area contributed by atoms with Gasteiger partial charge in [-0.05, 0) is 94.5 Å². The lowest BCUT2D eigenvalue weighted by atomic mass is 10.1. The number of nitriles is 1. The van der Waals surface area contributed by atoms with Crippen molar-refractivity contribution < 1.29 is 18.7 Å². The minimum absolute atomic E-state index is 0.0596. The summed E-state index contributed by atoms with van der Waals surface area (Å²) in [7, 11) is 1.49. The van der Waals surface area contributed by atoms with Crippen molar-refractivity contribution in [1.29, 1.82) is 5.26 Å². The van der Waals surface area contributed by atoms with Gasteiger partial charge in [-0.1, -0.05) is 18.2 Å². The first-order valence-corrected chi connectivity index (χ1v) is 10.8. The lowest BCUT2D eigenvalue weighted by Gasteiger charge is -2.14. The molecule has 3 rings (SSSR count). The van der Waals surface area contributed by atoms with Crippen molar-refractivity contribution in [3.05, 3.63) is 92.7 Å². The fraction of sp³-hybridized carbons (Fsp3) is 0.154. The van der Waals surface area contributed by atoms with Crippen LogP contribution in [0.3, 0.4) is 0 Å². The Bertz CT molecular complexity index is 1260. The Morgan fingerprint density at radius 3 is 2.61 bits per heavy atom. The smallest absolute Gasteiger partial charge is 0.266 e. The van der Waals surface area contributed by atoms with Crippen LogP contribution in [0.5, 0.6) is 11.5 Å². The summed E-state index contributed by atoms with van der Waals surface area (Å²) in [6.07, 6.45) is 1.47. The van der Waals surface area contributed by atoms with E-state index in [1.165, 1.54) is 25.3 Å². The summed E-state index contributed by atoms with van der Waals surface area (Å²) in [4.78, 5) is 12.6. The van der Waals surface area contributed by atoms with Crippen LogP contribution in [-0.4, -0.2) is 13.0 Å². The molecule has 0 aliphatic heterocycles. The molecule has 168 valence electrons. The zero-order valence-electron chi connectivity index (χ0n) is 18.4. The molecule has 3 aromatic carbocycles. The van der Waals surface area contributed by atoms with Crippen LogP contribution in [0.15, 0.2) is 64.6 Å². The normalized spacial score (nSPS) is 11.0. The molecular formula is C26H22BrFN2O3. The van der Waals surface area contributed by atoms with Crippen LogP contribution in [0.4, 0.5) is 10.1 Å². The van der Waals surface area contributed by atoms with Crippen molar-refractivity contribution in [3.8, 4) is 17.6 Å². The molecule has 0 saturated carbocycles. The Kier molecular flexibility index (Phi) is 7.86. The molecule has 1 N–H and O–H groups in total. The molecule has 3 aromatic rings. The van der Waals surface area contributed by atoms with Crippen LogP contribution in [0.25, 0.3) is 6.08 Å². The van der Waals surface area contributed by atoms with Gasteiger partial charge in [0.2, 0.25) is 0 Å². The highest BCUT2D eigenvalue weighted by Gasteiger charge is 2.15. The summed E-state index contributed by atoms with van der Waals surface area (Å²) in [6, 6.07) is 17.0. The van der Waals surface area contributed by atoms with E-state index in [-0.39, 0.29) is 18.0 Å². The Balaban J connectivity index is 1.82. The number of rotatable bonds is 7. The molecule has 0 spiro atoms. The minimum atomic E-state index is -0.512. The van der Waals surface area contributed by atoms with Gasteiger partial charge in [-0.15, -0.1) is 0 Å². The van der Waals surface area contributed by atoms with E-state index in [1.54, 1.807) is 30.3 Å². The molecule has 0 aliphatic rings. The molecule has 0 aromatic heterocycles. The van der Waals surface area contributed by atoms with E-state index < -0.39 is 5.91 Å². The van der Waals surface area contributed by atoms with Gasteiger partial charge >= 0.3 is 0 Å². The number of benzene rings is 3. The van der Waals surface area contributed by atoms with Crippen LogP contribution >= 0.6 is 15.9 Å².